The van der Waals surface area contributed by atoms with Crippen molar-refractivity contribution in [1.82, 2.24) is 10.7 Å². The Morgan fingerprint density at radius 1 is 1.38 bits per heavy atom. The Labute approximate surface area is 101 Å². The van der Waals surface area contributed by atoms with E-state index in [0.29, 0.717) is 5.11 Å². The number of hydrazone groups is 1. The van der Waals surface area contributed by atoms with Gasteiger partial charge in [-0.2, -0.15) is 5.10 Å². The van der Waals surface area contributed by atoms with Crippen LogP contribution in [0.15, 0.2) is 23.3 Å². The van der Waals surface area contributed by atoms with Crippen LogP contribution < -0.4 is 10.7 Å². The molecule has 4 heteroatoms. The van der Waals surface area contributed by atoms with Crippen LogP contribution in [0.1, 0.15) is 23.1 Å². The molecule has 84 valence electrons. The zero-order valence-corrected chi connectivity index (χ0v) is 10.1. The Hall–Kier alpha value is -1.42. The lowest BCUT2D eigenvalue weighted by atomic mass is 10.1. The van der Waals surface area contributed by atoms with Crippen LogP contribution >= 0.6 is 12.2 Å². The summed E-state index contributed by atoms with van der Waals surface area (Å²) in [6.07, 6.45) is 5.48. The average molecular weight is 233 g/mol. The third kappa shape index (κ3) is 2.58. The molecule has 0 saturated carbocycles. The Bertz CT molecular complexity index is 426. The predicted octanol–water partition coefficient (Wildman–Crippen LogP) is 1.60. The highest BCUT2D eigenvalue weighted by Crippen LogP contribution is 2.22. The van der Waals surface area contributed by atoms with Gasteiger partial charge in [0.2, 0.25) is 0 Å². The second-order valence-corrected chi connectivity index (χ2v) is 4.24. The summed E-state index contributed by atoms with van der Waals surface area (Å²) in [6.45, 7) is 0. The van der Waals surface area contributed by atoms with Crippen molar-refractivity contribution >= 4 is 23.5 Å². The van der Waals surface area contributed by atoms with E-state index in [0.717, 1.165) is 5.56 Å². The van der Waals surface area contributed by atoms with Crippen molar-refractivity contribution in [3.63, 3.8) is 0 Å². The Morgan fingerprint density at radius 3 is 3.00 bits per heavy atom. The standard InChI is InChI=1S/C12H15N3S/c1-13-12(16)15-14-8-9-5-6-10-3-2-4-11(10)7-9/h5-8H,2-4H2,1H3,(H2,13,15,16). The van der Waals surface area contributed by atoms with Gasteiger partial charge >= 0.3 is 0 Å². The molecule has 0 unspecified atom stereocenters. The van der Waals surface area contributed by atoms with Gasteiger partial charge in [-0.05, 0) is 54.2 Å². The molecule has 2 rings (SSSR count). The first kappa shape index (κ1) is 11.1. The predicted molar refractivity (Wildman–Crippen MR) is 70.9 cm³/mol. The van der Waals surface area contributed by atoms with E-state index in [1.165, 1.54) is 30.4 Å². The fraction of sp³-hybridized carbons (Fsp3) is 0.333. The van der Waals surface area contributed by atoms with Crippen molar-refractivity contribution in [3.8, 4) is 0 Å². The summed E-state index contributed by atoms with van der Waals surface area (Å²) in [4.78, 5) is 0. The van der Waals surface area contributed by atoms with Gasteiger partial charge in [-0.1, -0.05) is 12.1 Å². The quantitative estimate of drug-likeness (QED) is 0.463. The third-order valence-corrected chi connectivity index (χ3v) is 3.02. The normalized spacial score (nSPS) is 13.8. The molecular formula is C12H15N3S. The Balaban J connectivity index is 2.02. The van der Waals surface area contributed by atoms with E-state index in [9.17, 15) is 0 Å². The van der Waals surface area contributed by atoms with Crippen LogP contribution in [0, 0.1) is 0 Å². The summed E-state index contributed by atoms with van der Waals surface area (Å²) < 4.78 is 0. The van der Waals surface area contributed by atoms with E-state index in [1.54, 1.807) is 13.3 Å². The molecule has 0 heterocycles. The molecule has 16 heavy (non-hydrogen) atoms. The minimum atomic E-state index is 0.525. The molecular weight excluding hydrogens is 218 g/mol. The topological polar surface area (TPSA) is 36.4 Å². The number of fused-ring (bicyclic) bond motifs is 1. The van der Waals surface area contributed by atoms with Gasteiger partial charge in [0, 0.05) is 7.05 Å². The maximum Gasteiger partial charge on any atom is 0.186 e. The molecule has 1 aromatic carbocycles. The van der Waals surface area contributed by atoms with E-state index >= 15 is 0 Å². The maximum absolute atomic E-state index is 4.91. The molecule has 0 aromatic heterocycles. The van der Waals surface area contributed by atoms with Crippen LogP contribution in [0.25, 0.3) is 0 Å². The average Bonchev–Trinajstić information content (AvgIpc) is 2.76. The SMILES string of the molecule is CNC(=S)NN=Cc1ccc2c(c1)CCC2. The number of nitrogens with zero attached hydrogens (tertiary/aromatic N) is 1. The lowest BCUT2D eigenvalue weighted by Gasteiger charge is -2.01. The van der Waals surface area contributed by atoms with Gasteiger partial charge in [0.25, 0.3) is 0 Å². The van der Waals surface area contributed by atoms with E-state index in [1.807, 2.05) is 0 Å². The molecule has 0 amide bonds. The summed E-state index contributed by atoms with van der Waals surface area (Å²) in [5.74, 6) is 0. The van der Waals surface area contributed by atoms with Crippen LogP contribution in [-0.4, -0.2) is 18.4 Å². The smallest absolute Gasteiger partial charge is 0.186 e. The van der Waals surface area contributed by atoms with E-state index in [4.69, 9.17) is 12.2 Å². The van der Waals surface area contributed by atoms with Crippen molar-refractivity contribution < 1.29 is 0 Å². The molecule has 0 aliphatic heterocycles. The number of hydrogen-bond donors (Lipinski definition) is 2. The van der Waals surface area contributed by atoms with Crippen LogP contribution in [0.3, 0.4) is 0 Å². The van der Waals surface area contributed by atoms with Crippen molar-refractivity contribution in [2.45, 2.75) is 19.3 Å². The molecule has 0 bridgehead atoms. The van der Waals surface area contributed by atoms with Crippen molar-refractivity contribution in [2.75, 3.05) is 7.05 Å². The Morgan fingerprint density at radius 2 is 2.19 bits per heavy atom. The summed E-state index contributed by atoms with van der Waals surface area (Å²) in [6, 6.07) is 6.49. The fourth-order valence-corrected chi connectivity index (χ4v) is 1.95. The van der Waals surface area contributed by atoms with Crippen molar-refractivity contribution in [1.29, 1.82) is 0 Å². The largest absolute Gasteiger partial charge is 0.364 e. The van der Waals surface area contributed by atoms with Gasteiger partial charge in [0.05, 0.1) is 6.21 Å². The van der Waals surface area contributed by atoms with Gasteiger partial charge in [-0.15, -0.1) is 0 Å². The lowest BCUT2D eigenvalue weighted by Crippen LogP contribution is -2.28. The molecule has 1 aliphatic rings. The van der Waals surface area contributed by atoms with E-state index < -0.39 is 0 Å². The molecule has 0 atom stereocenters. The van der Waals surface area contributed by atoms with E-state index in [2.05, 4.69) is 34.0 Å². The first-order valence-electron chi connectivity index (χ1n) is 5.42. The van der Waals surface area contributed by atoms with Crippen LogP contribution in [0.4, 0.5) is 0 Å². The van der Waals surface area contributed by atoms with Crippen LogP contribution in [-0.2, 0) is 12.8 Å². The summed E-state index contributed by atoms with van der Waals surface area (Å²) >= 11 is 4.91. The third-order valence-electron chi connectivity index (χ3n) is 2.73. The first-order chi connectivity index (χ1) is 7.79. The highest BCUT2D eigenvalue weighted by Gasteiger charge is 2.09. The monoisotopic (exact) mass is 233 g/mol. The zero-order valence-electron chi connectivity index (χ0n) is 9.29. The Kier molecular flexibility index (Phi) is 3.51. The fourth-order valence-electron chi connectivity index (χ4n) is 1.89. The molecule has 2 N–H and O–H groups in total. The second-order valence-electron chi connectivity index (χ2n) is 3.83. The molecule has 0 fully saturated rings. The number of benzene rings is 1. The van der Waals surface area contributed by atoms with Gasteiger partial charge < -0.3 is 5.32 Å². The number of aryl methyl sites for hydroxylation is 2. The number of hydrogen-bond acceptors (Lipinski definition) is 2. The molecule has 0 radical (unpaired) electrons. The van der Waals surface area contributed by atoms with Gasteiger partial charge in [0.1, 0.15) is 0 Å². The molecule has 0 saturated heterocycles. The molecule has 3 nitrogen and oxygen atoms in total. The second kappa shape index (κ2) is 5.07. The minimum absolute atomic E-state index is 0.525. The molecule has 1 aliphatic carbocycles. The van der Waals surface area contributed by atoms with Crippen LogP contribution in [0.2, 0.25) is 0 Å². The zero-order chi connectivity index (χ0) is 11.4. The summed E-state index contributed by atoms with van der Waals surface area (Å²) in [5, 5.41) is 7.38. The van der Waals surface area contributed by atoms with Gasteiger partial charge in [-0.25, -0.2) is 0 Å². The summed E-state index contributed by atoms with van der Waals surface area (Å²) in [7, 11) is 1.76. The highest BCUT2D eigenvalue weighted by atomic mass is 32.1. The number of thiocarbonyl (C=S) groups is 1. The number of nitrogens with one attached hydrogen (secondary N) is 2. The van der Waals surface area contributed by atoms with Crippen molar-refractivity contribution in [3.05, 3.63) is 34.9 Å². The highest BCUT2D eigenvalue weighted by molar-refractivity contribution is 7.80. The summed E-state index contributed by atoms with van der Waals surface area (Å²) in [5.41, 5.74) is 6.80. The van der Waals surface area contributed by atoms with Gasteiger partial charge in [-0.3, -0.25) is 5.43 Å². The lowest BCUT2D eigenvalue weighted by molar-refractivity contribution is 0.912. The molecule has 0 spiro atoms. The first-order valence-corrected chi connectivity index (χ1v) is 5.83. The van der Waals surface area contributed by atoms with Crippen LogP contribution in [0.5, 0.6) is 0 Å². The maximum atomic E-state index is 4.91. The number of rotatable bonds is 2. The van der Waals surface area contributed by atoms with Crippen molar-refractivity contribution in [2.24, 2.45) is 5.10 Å². The minimum Gasteiger partial charge on any atom is -0.364 e. The molecule has 1 aromatic rings. The van der Waals surface area contributed by atoms with Gasteiger partial charge in [0.15, 0.2) is 5.11 Å². The van der Waals surface area contributed by atoms with E-state index in [-0.39, 0.29) is 0 Å².